The van der Waals surface area contributed by atoms with E-state index >= 15 is 0 Å². The van der Waals surface area contributed by atoms with Crippen LogP contribution in [0.25, 0.3) is 0 Å². The second-order valence-corrected chi connectivity index (χ2v) is 3.44. The van der Waals surface area contributed by atoms with E-state index in [4.69, 9.17) is 23.2 Å². The van der Waals surface area contributed by atoms with E-state index in [2.05, 4.69) is 10.2 Å². The molecular weight excluding hydrogens is 225 g/mol. The third kappa shape index (κ3) is 2.33. The molecule has 0 atom stereocenters. The molecule has 0 N–H and O–H groups in total. The van der Waals surface area contributed by atoms with Gasteiger partial charge in [0.1, 0.15) is 0 Å². The van der Waals surface area contributed by atoms with Gasteiger partial charge in [0.15, 0.2) is 10.3 Å². The van der Waals surface area contributed by atoms with E-state index in [1.807, 2.05) is 6.92 Å². The molecule has 4 nitrogen and oxygen atoms in total. The molecule has 1 rings (SSSR count). The highest BCUT2D eigenvalue weighted by Gasteiger charge is 2.15. The number of hydrogen-bond acceptors (Lipinski definition) is 3. The Hall–Kier alpha value is -0.870. The number of aromatic nitrogens is 2. The molecule has 0 fully saturated rings. The van der Waals surface area contributed by atoms with Gasteiger partial charge in [0.25, 0.3) is 5.91 Å². The maximum absolute atomic E-state index is 11.7. The Morgan fingerprint density at radius 3 is 2.71 bits per heavy atom. The first kappa shape index (κ1) is 11.2. The standard InChI is InChI=1S/C8H9Cl2N3O/c1-3-13(2)8(14)5-4-6(9)11-12-7(5)10/h4H,3H2,1-2H3. The predicted octanol–water partition coefficient (Wildman–Crippen LogP) is 1.88. The normalized spacial score (nSPS) is 10.0. The second-order valence-electron chi connectivity index (χ2n) is 2.69. The van der Waals surface area contributed by atoms with Crippen molar-refractivity contribution < 1.29 is 4.79 Å². The third-order valence-corrected chi connectivity index (χ3v) is 2.23. The number of hydrogen-bond donors (Lipinski definition) is 0. The van der Waals surface area contributed by atoms with Gasteiger partial charge in [-0.2, -0.15) is 0 Å². The van der Waals surface area contributed by atoms with Crippen molar-refractivity contribution in [3.05, 3.63) is 21.9 Å². The summed E-state index contributed by atoms with van der Waals surface area (Å²) in [7, 11) is 1.67. The first-order chi connectivity index (χ1) is 6.56. The fraction of sp³-hybridized carbons (Fsp3) is 0.375. The topological polar surface area (TPSA) is 46.1 Å². The zero-order chi connectivity index (χ0) is 10.7. The highest BCUT2D eigenvalue weighted by molar-refractivity contribution is 6.34. The van der Waals surface area contributed by atoms with Crippen molar-refractivity contribution in [1.29, 1.82) is 0 Å². The molecule has 0 aliphatic carbocycles. The molecule has 0 bridgehead atoms. The summed E-state index contributed by atoms with van der Waals surface area (Å²) >= 11 is 11.3. The monoisotopic (exact) mass is 233 g/mol. The number of carbonyl (C=O) groups is 1. The van der Waals surface area contributed by atoms with Gasteiger partial charge in [0.2, 0.25) is 0 Å². The highest BCUT2D eigenvalue weighted by Crippen LogP contribution is 2.16. The van der Waals surface area contributed by atoms with Crippen LogP contribution < -0.4 is 0 Å². The van der Waals surface area contributed by atoms with E-state index in [0.29, 0.717) is 6.54 Å². The van der Waals surface area contributed by atoms with Crippen LogP contribution in [0.5, 0.6) is 0 Å². The summed E-state index contributed by atoms with van der Waals surface area (Å²) < 4.78 is 0. The van der Waals surface area contributed by atoms with Crippen LogP contribution in [0, 0.1) is 0 Å². The minimum atomic E-state index is -0.214. The van der Waals surface area contributed by atoms with Crippen LogP contribution in [0.2, 0.25) is 10.3 Å². The molecule has 0 aliphatic heterocycles. The molecule has 1 heterocycles. The lowest BCUT2D eigenvalue weighted by Gasteiger charge is -2.14. The number of rotatable bonds is 2. The Morgan fingerprint density at radius 2 is 2.14 bits per heavy atom. The Labute approximate surface area is 91.8 Å². The van der Waals surface area contributed by atoms with Crippen LogP contribution in [0.3, 0.4) is 0 Å². The largest absolute Gasteiger partial charge is 0.342 e. The van der Waals surface area contributed by atoms with Crippen molar-refractivity contribution in [3.8, 4) is 0 Å². The zero-order valence-electron chi connectivity index (χ0n) is 7.79. The van der Waals surface area contributed by atoms with Gasteiger partial charge in [-0.15, -0.1) is 10.2 Å². The number of carbonyl (C=O) groups excluding carboxylic acids is 1. The minimum Gasteiger partial charge on any atom is -0.342 e. The SMILES string of the molecule is CCN(C)C(=O)c1cc(Cl)nnc1Cl. The molecule has 14 heavy (non-hydrogen) atoms. The summed E-state index contributed by atoms with van der Waals surface area (Å²) in [6, 6.07) is 1.41. The lowest BCUT2D eigenvalue weighted by atomic mass is 10.3. The molecule has 1 amide bonds. The molecular formula is C8H9Cl2N3O. The molecule has 1 aromatic heterocycles. The Morgan fingerprint density at radius 1 is 1.50 bits per heavy atom. The van der Waals surface area contributed by atoms with Crippen molar-refractivity contribution in [2.45, 2.75) is 6.92 Å². The van der Waals surface area contributed by atoms with Crippen LogP contribution in [0.15, 0.2) is 6.07 Å². The Bertz CT molecular complexity index is 356. The van der Waals surface area contributed by atoms with E-state index < -0.39 is 0 Å². The minimum absolute atomic E-state index is 0.0692. The van der Waals surface area contributed by atoms with Gasteiger partial charge in [0.05, 0.1) is 5.56 Å². The average molecular weight is 234 g/mol. The maximum Gasteiger partial charge on any atom is 0.256 e. The Balaban J connectivity index is 3.06. The molecule has 0 aliphatic rings. The quantitative estimate of drug-likeness (QED) is 0.784. The third-order valence-electron chi connectivity index (χ3n) is 1.77. The smallest absolute Gasteiger partial charge is 0.256 e. The van der Waals surface area contributed by atoms with Crippen LogP contribution in [0.4, 0.5) is 0 Å². The van der Waals surface area contributed by atoms with Crippen LogP contribution >= 0.6 is 23.2 Å². The zero-order valence-corrected chi connectivity index (χ0v) is 9.30. The number of amides is 1. The van der Waals surface area contributed by atoms with Gasteiger partial charge in [-0.05, 0) is 13.0 Å². The van der Waals surface area contributed by atoms with Gasteiger partial charge in [-0.1, -0.05) is 23.2 Å². The van der Waals surface area contributed by atoms with Crippen LogP contribution in [-0.2, 0) is 0 Å². The maximum atomic E-state index is 11.7. The lowest BCUT2D eigenvalue weighted by Crippen LogP contribution is -2.26. The Kier molecular flexibility index (Phi) is 3.66. The molecule has 0 aromatic carbocycles. The molecule has 0 unspecified atom stereocenters. The van der Waals surface area contributed by atoms with Gasteiger partial charge in [0, 0.05) is 13.6 Å². The van der Waals surface area contributed by atoms with Crippen LogP contribution in [-0.4, -0.2) is 34.6 Å². The second kappa shape index (κ2) is 4.57. The molecule has 76 valence electrons. The summed E-state index contributed by atoms with van der Waals surface area (Å²) in [5.41, 5.74) is 0.274. The van der Waals surface area contributed by atoms with Gasteiger partial charge >= 0.3 is 0 Å². The molecule has 0 radical (unpaired) electrons. The van der Waals surface area contributed by atoms with E-state index in [1.165, 1.54) is 11.0 Å². The molecule has 6 heteroatoms. The van der Waals surface area contributed by atoms with Crippen molar-refractivity contribution in [3.63, 3.8) is 0 Å². The van der Waals surface area contributed by atoms with Crippen molar-refractivity contribution in [2.75, 3.05) is 13.6 Å². The number of halogens is 2. The lowest BCUT2D eigenvalue weighted by molar-refractivity contribution is 0.0802. The summed E-state index contributed by atoms with van der Waals surface area (Å²) in [5, 5.41) is 7.30. The summed E-state index contributed by atoms with van der Waals surface area (Å²) in [6.07, 6.45) is 0. The summed E-state index contributed by atoms with van der Waals surface area (Å²) in [5.74, 6) is -0.214. The highest BCUT2D eigenvalue weighted by atomic mass is 35.5. The van der Waals surface area contributed by atoms with Crippen molar-refractivity contribution in [2.24, 2.45) is 0 Å². The molecule has 0 spiro atoms. The first-order valence-electron chi connectivity index (χ1n) is 4.00. The van der Waals surface area contributed by atoms with Crippen LogP contribution in [0.1, 0.15) is 17.3 Å². The molecule has 0 saturated heterocycles. The average Bonchev–Trinajstić information content (AvgIpc) is 2.19. The van der Waals surface area contributed by atoms with Gasteiger partial charge in [-0.25, -0.2) is 0 Å². The summed E-state index contributed by atoms with van der Waals surface area (Å²) in [6.45, 7) is 2.46. The predicted molar refractivity (Wildman–Crippen MR) is 54.7 cm³/mol. The van der Waals surface area contributed by atoms with E-state index in [0.717, 1.165) is 0 Å². The van der Waals surface area contributed by atoms with Gasteiger partial charge in [-0.3, -0.25) is 4.79 Å². The van der Waals surface area contributed by atoms with E-state index in [-0.39, 0.29) is 21.8 Å². The first-order valence-corrected chi connectivity index (χ1v) is 4.76. The molecule has 1 aromatic rings. The van der Waals surface area contributed by atoms with Gasteiger partial charge < -0.3 is 4.90 Å². The van der Waals surface area contributed by atoms with Crippen molar-refractivity contribution >= 4 is 29.1 Å². The van der Waals surface area contributed by atoms with E-state index in [1.54, 1.807) is 7.05 Å². The van der Waals surface area contributed by atoms with Crippen molar-refractivity contribution in [1.82, 2.24) is 15.1 Å². The molecule has 0 saturated carbocycles. The fourth-order valence-corrected chi connectivity index (χ4v) is 1.17. The summed E-state index contributed by atoms with van der Waals surface area (Å²) in [4.78, 5) is 13.2. The fourth-order valence-electron chi connectivity index (χ4n) is 0.852. The number of nitrogens with zero attached hydrogens (tertiary/aromatic N) is 3. The van der Waals surface area contributed by atoms with E-state index in [9.17, 15) is 4.79 Å².